The zero-order chi connectivity index (χ0) is 17.8. The number of methoxy groups -OCH3 is 1. The van der Waals surface area contributed by atoms with Crippen molar-refractivity contribution >= 4 is 29.2 Å². The fourth-order valence-electron chi connectivity index (χ4n) is 2.76. The van der Waals surface area contributed by atoms with Gasteiger partial charge >= 0.3 is 0 Å². The molecule has 2 aromatic rings. The van der Waals surface area contributed by atoms with Crippen molar-refractivity contribution in [3.05, 3.63) is 28.2 Å². The molecule has 0 unspecified atom stereocenters. The van der Waals surface area contributed by atoms with Gasteiger partial charge in [0.1, 0.15) is 5.75 Å². The molecule has 1 fully saturated rings. The van der Waals surface area contributed by atoms with E-state index in [1.54, 1.807) is 7.11 Å². The summed E-state index contributed by atoms with van der Waals surface area (Å²) in [7, 11) is 1.69. The third kappa shape index (κ3) is 4.71. The maximum atomic E-state index is 5.64. The first-order valence-corrected chi connectivity index (χ1v) is 9.63. The van der Waals surface area contributed by atoms with Gasteiger partial charge in [-0.05, 0) is 61.7 Å². The molecule has 1 saturated heterocycles. The molecular formula is C17H24N4O2S2. The second kappa shape index (κ2) is 8.16. The van der Waals surface area contributed by atoms with Crippen LogP contribution in [0, 0.1) is 3.95 Å². The molecule has 0 amide bonds. The lowest BCUT2D eigenvalue weighted by molar-refractivity contribution is 0.187. The van der Waals surface area contributed by atoms with Crippen LogP contribution >= 0.6 is 23.6 Å². The van der Waals surface area contributed by atoms with E-state index < -0.39 is 0 Å². The average Bonchev–Trinajstić information content (AvgIpc) is 2.94. The van der Waals surface area contributed by atoms with Crippen molar-refractivity contribution in [1.29, 1.82) is 0 Å². The highest BCUT2D eigenvalue weighted by Gasteiger charge is 2.18. The van der Waals surface area contributed by atoms with Gasteiger partial charge in [0, 0.05) is 31.9 Å². The number of aromatic nitrogens is 2. The van der Waals surface area contributed by atoms with Gasteiger partial charge in [0.25, 0.3) is 5.19 Å². The third-order valence-corrected chi connectivity index (χ3v) is 5.27. The van der Waals surface area contributed by atoms with E-state index in [2.05, 4.69) is 27.0 Å². The lowest BCUT2D eigenvalue weighted by Gasteiger charge is -2.35. The van der Waals surface area contributed by atoms with Crippen LogP contribution in [-0.4, -0.2) is 54.1 Å². The monoisotopic (exact) mass is 380 g/mol. The van der Waals surface area contributed by atoms with Gasteiger partial charge in [0.05, 0.1) is 19.9 Å². The van der Waals surface area contributed by atoms with E-state index in [1.165, 1.54) is 17.0 Å². The van der Waals surface area contributed by atoms with E-state index in [9.17, 15) is 0 Å². The molecule has 1 aromatic heterocycles. The number of hydrogen-bond donors (Lipinski definition) is 0. The summed E-state index contributed by atoms with van der Waals surface area (Å²) in [5.74, 6) is 0.889. The van der Waals surface area contributed by atoms with E-state index in [-0.39, 0.29) is 6.10 Å². The topological polar surface area (TPSA) is 42.8 Å². The van der Waals surface area contributed by atoms with Gasteiger partial charge in [0.15, 0.2) is 3.95 Å². The van der Waals surface area contributed by atoms with Gasteiger partial charge in [-0.3, -0.25) is 4.90 Å². The van der Waals surface area contributed by atoms with Crippen LogP contribution in [0.2, 0.25) is 0 Å². The van der Waals surface area contributed by atoms with Crippen molar-refractivity contribution in [3.63, 3.8) is 0 Å². The first-order chi connectivity index (χ1) is 12.0. The lowest BCUT2D eigenvalue weighted by atomic mass is 10.2. The number of benzene rings is 1. The molecule has 0 spiro atoms. The Morgan fingerprint density at radius 1 is 1.16 bits per heavy atom. The molecule has 1 aliphatic heterocycles. The normalized spacial score (nSPS) is 15.6. The number of anilines is 1. The minimum atomic E-state index is 0.113. The maximum Gasteiger partial charge on any atom is 0.293 e. The number of hydrogen-bond acceptors (Lipinski definition) is 7. The molecule has 25 heavy (non-hydrogen) atoms. The van der Waals surface area contributed by atoms with E-state index >= 15 is 0 Å². The predicted octanol–water partition coefficient (Wildman–Crippen LogP) is 3.25. The Morgan fingerprint density at radius 3 is 2.44 bits per heavy atom. The molecule has 0 aliphatic carbocycles. The molecule has 0 bridgehead atoms. The van der Waals surface area contributed by atoms with Crippen molar-refractivity contribution in [2.24, 2.45) is 0 Å². The molecule has 0 atom stereocenters. The van der Waals surface area contributed by atoms with E-state index in [0.29, 0.717) is 11.9 Å². The molecule has 0 radical (unpaired) electrons. The molecule has 1 aliphatic rings. The highest BCUT2D eigenvalue weighted by Crippen LogP contribution is 2.22. The standard InChI is InChI=1S/C17H24N4O2S2/c1-13(2)23-16-18-21(17(24)25-16)12-19-8-10-20(11-9-19)14-4-6-15(22-3)7-5-14/h4-7,13H,8-12H2,1-3H3. The molecule has 3 rings (SSSR count). The van der Waals surface area contributed by atoms with Crippen LogP contribution < -0.4 is 14.4 Å². The Bertz CT molecular complexity index is 734. The number of ether oxygens (including phenoxy) is 2. The minimum Gasteiger partial charge on any atom is -0.497 e. The molecule has 6 nitrogen and oxygen atoms in total. The van der Waals surface area contributed by atoms with Crippen molar-refractivity contribution in [1.82, 2.24) is 14.7 Å². The van der Waals surface area contributed by atoms with Crippen LogP contribution in [0.15, 0.2) is 24.3 Å². The highest BCUT2D eigenvalue weighted by molar-refractivity contribution is 7.73. The summed E-state index contributed by atoms with van der Waals surface area (Å²) in [6.45, 7) is 8.63. The van der Waals surface area contributed by atoms with Gasteiger partial charge in [0.2, 0.25) is 0 Å². The SMILES string of the molecule is COc1ccc(N2CCN(Cn3nc(OC(C)C)sc3=S)CC2)cc1. The second-order valence-electron chi connectivity index (χ2n) is 6.24. The lowest BCUT2D eigenvalue weighted by Crippen LogP contribution is -2.46. The minimum absolute atomic E-state index is 0.113. The first kappa shape index (κ1) is 18.2. The summed E-state index contributed by atoms with van der Waals surface area (Å²) in [6, 6.07) is 8.24. The number of rotatable bonds is 6. The van der Waals surface area contributed by atoms with E-state index in [1.807, 2.05) is 30.7 Å². The Kier molecular flexibility index (Phi) is 5.93. The quantitative estimate of drug-likeness (QED) is 0.717. The number of piperazine rings is 1. The molecule has 0 N–H and O–H groups in total. The Morgan fingerprint density at radius 2 is 1.84 bits per heavy atom. The van der Waals surface area contributed by atoms with Crippen molar-refractivity contribution in [2.45, 2.75) is 26.6 Å². The summed E-state index contributed by atoms with van der Waals surface area (Å²) in [4.78, 5) is 4.76. The van der Waals surface area contributed by atoms with Crippen LogP contribution in [-0.2, 0) is 6.67 Å². The molecular weight excluding hydrogens is 356 g/mol. The van der Waals surface area contributed by atoms with Crippen LogP contribution in [0.1, 0.15) is 13.8 Å². The zero-order valence-electron chi connectivity index (χ0n) is 14.8. The molecule has 1 aromatic carbocycles. The van der Waals surface area contributed by atoms with Crippen molar-refractivity contribution in [3.8, 4) is 10.9 Å². The largest absolute Gasteiger partial charge is 0.497 e. The van der Waals surface area contributed by atoms with Crippen LogP contribution in [0.5, 0.6) is 10.9 Å². The Hall–Kier alpha value is -1.64. The van der Waals surface area contributed by atoms with Gasteiger partial charge in [-0.1, -0.05) is 0 Å². The first-order valence-electron chi connectivity index (χ1n) is 8.41. The third-order valence-electron chi connectivity index (χ3n) is 4.07. The van der Waals surface area contributed by atoms with E-state index in [4.69, 9.17) is 21.7 Å². The maximum absolute atomic E-state index is 5.64. The summed E-state index contributed by atoms with van der Waals surface area (Å²) in [5.41, 5.74) is 1.23. The average molecular weight is 381 g/mol. The summed E-state index contributed by atoms with van der Waals surface area (Å²) < 4.78 is 13.5. The molecule has 0 saturated carbocycles. The fourth-order valence-corrected chi connectivity index (χ4v) is 3.80. The smallest absolute Gasteiger partial charge is 0.293 e. The summed E-state index contributed by atoms with van der Waals surface area (Å²) >= 11 is 6.84. The zero-order valence-corrected chi connectivity index (χ0v) is 16.5. The summed E-state index contributed by atoms with van der Waals surface area (Å²) in [5, 5.41) is 5.13. The van der Waals surface area contributed by atoms with E-state index in [0.717, 1.165) is 35.9 Å². The molecule has 2 heterocycles. The molecule has 136 valence electrons. The predicted molar refractivity (Wildman–Crippen MR) is 103 cm³/mol. The highest BCUT2D eigenvalue weighted by atomic mass is 32.1. The van der Waals surface area contributed by atoms with Crippen LogP contribution in [0.25, 0.3) is 0 Å². The Balaban J connectivity index is 1.55. The van der Waals surface area contributed by atoms with Crippen LogP contribution in [0.4, 0.5) is 5.69 Å². The van der Waals surface area contributed by atoms with Gasteiger partial charge < -0.3 is 14.4 Å². The second-order valence-corrected chi connectivity index (χ2v) is 7.83. The Labute approximate surface area is 157 Å². The fraction of sp³-hybridized carbons (Fsp3) is 0.529. The van der Waals surface area contributed by atoms with Crippen LogP contribution in [0.3, 0.4) is 0 Å². The summed E-state index contributed by atoms with van der Waals surface area (Å²) in [6.07, 6.45) is 0.113. The number of nitrogens with zero attached hydrogens (tertiary/aromatic N) is 4. The molecule has 8 heteroatoms. The van der Waals surface area contributed by atoms with Crippen molar-refractivity contribution < 1.29 is 9.47 Å². The van der Waals surface area contributed by atoms with Gasteiger partial charge in [-0.15, -0.1) is 5.10 Å². The van der Waals surface area contributed by atoms with Crippen molar-refractivity contribution in [2.75, 3.05) is 38.2 Å². The van der Waals surface area contributed by atoms with Gasteiger partial charge in [-0.2, -0.15) is 0 Å². The van der Waals surface area contributed by atoms with Gasteiger partial charge in [-0.25, -0.2) is 4.68 Å².